The van der Waals surface area contributed by atoms with Crippen LogP contribution in [0.3, 0.4) is 0 Å². The quantitative estimate of drug-likeness (QED) is 0.702. The summed E-state index contributed by atoms with van der Waals surface area (Å²) in [6, 6.07) is 13.7. The minimum absolute atomic E-state index is 0.211. The molecule has 0 amide bonds. The molecule has 1 heterocycles. The van der Waals surface area contributed by atoms with Crippen molar-refractivity contribution in [3.8, 4) is 17.7 Å². The third-order valence-corrected chi connectivity index (χ3v) is 3.81. The first-order chi connectivity index (χ1) is 13.0. The highest BCUT2D eigenvalue weighted by Gasteiger charge is 2.12. The van der Waals surface area contributed by atoms with Crippen molar-refractivity contribution in [1.29, 1.82) is 5.26 Å². The molecule has 1 aromatic heterocycles. The number of benzene rings is 2. The summed E-state index contributed by atoms with van der Waals surface area (Å²) >= 11 is 0. The number of nitrogens with zero attached hydrogens (tertiary/aromatic N) is 3. The summed E-state index contributed by atoms with van der Waals surface area (Å²) in [4.78, 5) is 19.6. The third-order valence-electron chi connectivity index (χ3n) is 3.81. The Hall–Kier alpha value is -3.92. The molecule has 2 aromatic carbocycles. The first-order valence-electron chi connectivity index (χ1n) is 8.09. The molecule has 0 bridgehead atoms. The standard InChI is InChI=1S/C20H16N4O3/c1-12-9-15(19(25)26)10-13(2)18(12)27-17-7-8-22-20(24-17)23-16-5-3-14(11-21)4-6-16/h3-10H,1-2H3,(H,25,26)(H,22,23,24). The number of aryl methyl sites for hydroxylation is 2. The van der Waals surface area contributed by atoms with E-state index in [1.807, 2.05) is 0 Å². The number of hydrogen-bond donors (Lipinski definition) is 2. The van der Waals surface area contributed by atoms with E-state index >= 15 is 0 Å². The van der Waals surface area contributed by atoms with Gasteiger partial charge in [0, 0.05) is 18.0 Å². The fourth-order valence-corrected chi connectivity index (χ4v) is 2.56. The van der Waals surface area contributed by atoms with Crippen LogP contribution in [0.4, 0.5) is 11.6 Å². The van der Waals surface area contributed by atoms with Crippen molar-refractivity contribution < 1.29 is 14.6 Å². The minimum Gasteiger partial charge on any atom is -0.478 e. The number of carboxylic acids is 1. The van der Waals surface area contributed by atoms with Crippen LogP contribution < -0.4 is 10.1 Å². The zero-order chi connectivity index (χ0) is 19.4. The molecule has 0 spiro atoms. The van der Waals surface area contributed by atoms with Gasteiger partial charge < -0.3 is 15.2 Å². The molecule has 27 heavy (non-hydrogen) atoms. The van der Waals surface area contributed by atoms with Crippen LogP contribution in [0, 0.1) is 25.2 Å². The van der Waals surface area contributed by atoms with Gasteiger partial charge in [0.15, 0.2) is 0 Å². The fourth-order valence-electron chi connectivity index (χ4n) is 2.56. The Bertz CT molecular complexity index is 1020. The van der Waals surface area contributed by atoms with Gasteiger partial charge in [-0.2, -0.15) is 10.2 Å². The largest absolute Gasteiger partial charge is 0.478 e. The Morgan fingerprint density at radius 2 is 1.81 bits per heavy atom. The lowest BCUT2D eigenvalue weighted by Gasteiger charge is -2.13. The first kappa shape index (κ1) is 17.9. The lowest BCUT2D eigenvalue weighted by Crippen LogP contribution is -2.02. The van der Waals surface area contributed by atoms with E-state index in [2.05, 4.69) is 21.4 Å². The highest BCUT2D eigenvalue weighted by Crippen LogP contribution is 2.29. The van der Waals surface area contributed by atoms with Gasteiger partial charge in [0.2, 0.25) is 11.8 Å². The number of aromatic nitrogens is 2. The molecule has 7 nitrogen and oxygen atoms in total. The normalized spacial score (nSPS) is 10.1. The van der Waals surface area contributed by atoms with Crippen LogP contribution in [0.15, 0.2) is 48.7 Å². The predicted octanol–water partition coefficient (Wildman–Crippen LogP) is 4.20. The molecule has 134 valence electrons. The van der Waals surface area contributed by atoms with E-state index in [-0.39, 0.29) is 5.56 Å². The molecule has 0 saturated carbocycles. The van der Waals surface area contributed by atoms with Gasteiger partial charge in [0.1, 0.15) is 5.75 Å². The number of hydrogen-bond acceptors (Lipinski definition) is 6. The molecule has 0 aliphatic carbocycles. The van der Waals surface area contributed by atoms with Gasteiger partial charge in [0.05, 0.1) is 17.2 Å². The number of carbonyl (C=O) groups is 1. The van der Waals surface area contributed by atoms with Crippen LogP contribution in [0.1, 0.15) is 27.0 Å². The molecule has 0 fully saturated rings. The van der Waals surface area contributed by atoms with Crippen molar-refractivity contribution in [3.05, 3.63) is 70.9 Å². The first-order valence-corrected chi connectivity index (χ1v) is 8.09. The Kier molecular flexibility index (Phi) is 4.99. The summed E-state index contributed by atoms with van der Waals surface area (Å²) in [6.45, 7) is 3.57. The number of ether oxygens (including phenoxy) is 1. The zero-order valence-corrected chi connectivity index (χ0v) is 14.7. The van der Waals surface area contributed by atoms with E-state index in [1.165, 1.54) is 0 Å². The summed E-state index contributed by atoms with van der Waals surface area (Å²) in [5, 5.41) is 21.0. The average molecular weight is 360 g/mol. The summed E-state index contributed by atoms with van der Waals surface area (Å²) in [7, 11) is 0. The number of rotatable bonds is 5. The molecule has 2 N–H and O–H groups in total. The monoisotopic (exact) mass is 360 g/mol. The molecule has 0 saturated heterocycles. The Labute approximate surface area is 155 Å². The predicted molar refractivity (Wildman–Crippen MR) is 99.4 cm³/mol. The fraction of sp³-hybridized carbons (Fsp3) is 0.100. The molecule has 0 aliphatic heterocycles. The van der Waals surface area contributed by atoms with Gasteiger partial charge in [-0.3, -0.25) is 0 Å². The molecule has 0 atom stereocenters. The molecule has 3 aromatic rings. The van der Waals surface area contributed by atoms with Crippen molar-refractivity contribution in [2.45, 2.75) is 13.8 Å². The average Bonchev–Trinajstić information content (AvgIpc) is 2.65. The van der Waals surface area contributed by atoms with Crippen molar-refractivity contribution in [2.24, 2.45) is 0 Å². The number of carboxylic acid groups (broad SMARTS) is 1. The van der Waals surface area contributed by atoms with E-state index < -0.39 is 5.97 Å². The number of nitriles is 1. The van der Waals surface area contributed by atoms with Crippen LogP contribution in [0.5, 0.6) is 11.6 Å². The zero-order valence-electron chi connectivity index (χ0n) is 14.7. The van der Waals surface area contributed by atoms with E-state index in [1.54, 1.807) is 62.5 Å². The number of anilines is 2. The Balaban J connectivity index is 1.82. The van der Waals surface area contributed by atoms with Gasteiger partial charge >= 0.3 is 5.97 Å². The van der Waals surface area contributed by atoms with Gasteiger partial charge in [-0.1, -0.05) is 0 Å². The van der Waals surface area contributed by atoms with Crippen molar-refractivity contribution in [3.63, 3.8) is 0 Å². The Morgan fingerprint density at radius 1 is 1.15 bits per heavy atom. The second-order valence-electron chi connectivity index (χ2n) is 5.88. The van der Waals surface area contributed by atoms with Crippen LogP contribution in [-0.4, -0.2) is 21.0 Å². The summed E-state index contributed by atoms with van der Waals surface area (Å²) in [5.74, 6) is 0.247. The van der Waals surface area contributed by atoms with Crippen LogP contribution in [0.25, 0.3) is 0 Å². The molecule has 0 aliphatic rings. The van der Waals surface area contributed by atoms with Crippen LogP contribution in [-0.2, 0) is 0 Å². The maximum Gasteiger partial charge on any atom is 0.335 e. The highest BCUT2D eigenvalue weighted by atomic mass is 16.5. The van der Waals surface area contributed by atoms with E-state index in [9.17, 15) is 4.79 Å². The third kappa shape index (κ3) is 4.19. The SMILES string of the molecule is Cc1cc(C(=O)O)cc(C)c1Oc1ccnc(Nc2ccc(C#N)cc2)n1. The van der Waals surface area contributed by atoms with Gasteiger partial charge in [0.25, 0.3) is 0 Å². The van der Waals surface area contributed by atoms with Crippen molar-refractivity contribution in [2.75, 3.05) is 5.32 Å². The van der Waals surface area contributed by atoms with Gasteiger partial charge in [-0.25, -0.2) is 9.78 Å². The minimum atomic E-state index is -0.983. The summed E-state index contributed by atoms with van der Waals surface area (Å²) in [5.41, 5.74) is 2.92. The van der Waals surface area contributed by atoms with Gasteiger partial charge in [-0.15, -0.1) is 0 Å². The Morgan fingerprint density at radius 3 is 2.41 bits per heavy atom. The molecule has 7 heteroatoms. The summed E-state index contributed by atoms with van der Waals surface area (Å²) < 4.78 is 5.86. The lowest BCUT2D eigenvalue weighted by molar-refractivity contribution is 0.0696. The van der Waals surface area contributed by atoms with Crippen LogP contribution >= 0.6 is 0 Å². The summed E-state index contributed by atoms with van der Waals surface area (Å²) in [6.07, 6.45) is 1.56. The second-order valence-corrected chi connectivity index (χ2v) is 5.88. The molecule has 0 radical (unpaired) electrons. The second kappa shape index (κ2) is 7.54. The van der Waals surface area contributed by atoms with E-state index in [0.717, 1.165) is 5.69 Å². The molecule has 3 rings (SSSR count). The molecule has 0 unspecified atom stereocenters. The highest BCUT2D eigenvalue weighted by molar-refractivity contribution is 5.88. The smallest absolute Gasteiger partial charge is 0.335 e. The van der Waals surface area contributed by atoms with Crippen LogP contribution in [0.2, 0.25) is 0 Å². The molecular formula is C20H16N4O3. The van der Waals surface area contributed by atoms with Crippen molar-refractivity contribution >= 4 is 17.6 Å². The topological polar surface area (TPSA) is 108 Å². The molecular weight excluding hydrogens is 344 g/mol. The number of nitrogens with one attached hydrogen (secondary N) is 1. The maximum absolute atomic E-state index is 11.1. The van der Waals surface area contributed by atoms with E-state index in [0.29, 0.717) is 34.3 Å². The maximum atomic E-state index is 11.1. The van der Waals surface area contributed by atoms with E-state index in [4.69, 9.17) is 15.1 Å². The number of aromatic carboxylic acids is 1. The lowest BCUT2D eigenvalue weighted by atomic mass is 10.1. The van der Waals surface area contributed by atoms with Gasteiger partial charge in [-0.05, 0) is 61.4 Å². The van der Waals surface area contributed by atoms with Crippen molar-refractivity contribution in [1.82, 2.24) is 9.97 Å².